The van der Waals surface area contributed by atoms with Gasteiger partial charge in [-0.05, 0) is 32.4 Å². The fourth-order valence-corrected chi connectivity index (χ4v) is 1.85. The highest BCUT2D eigenvalue weighted by atomic mass is 16.3. The normalized spacial score (nSPS) is 23.4. The highest BCUT2D eigenvalue weighted by Crippen LogP contribution is 2.10. The zero-order chi connectivity index (χ0) is 10.4. The molecular weight excluding hydrogens is 182 g/mol. The average Bonchev–Trinajstić information content (AvgIpc) is 2.19. The van der Waals surface area contributed by atoms with Crippen molar-refractivity contribution in [2.24, 2.45) is 0 Å². The second kappa shape index (κ2) is 6.35. The molecule has 0 aromatic heterocycles. The van der Waals surface area contributed by atoms with Crippen molar-refractivity contribution < 1.29 is 15.3 Å². The molecule has 0 aromatic rings. The number of β-amino-alcohol motifs (C(OH)–C–C–N with tert-alkyl or cyclic N) is 1. The van der Waals surface area contributed by atoms with Gasteiger partial charge in [-0.2, -0.15) is 0 Å². The summed E-state index contributed by atoms with van der Waals surface area (Å²) in [6.45, 7) is 2.49. The van der Waals surface area contributed by atoms with Gasteiger partial charge in [-0.1, -0.05) is 6.42 Å². The molecule has 1 heterocycles. The molecule has 3 N–H and O–H groups in total. The molecule has 0 radical (unpaired) electrons. The Labute approximate surface area is 85.2 Å². The molecular formula is C10H21NO3. The van der Waals surface area contributed by atoms with Gasteiger partial charge in [0.05, 0.1) is 12.2 Å². The van der Waals surface area contributed by atoms with Gasteiger partial charge < -0.3 is 20.2 Å². The van der Waals surface area contributed by atoms with Crippen LogP contribution in [0.2, 0.25) is 0 Å². The van der Waals surface area contributed by atoms with Crippen LogP contribution in [-0.2, 0) is 0 Å². The summed E-state index contributed by atoms with van der Waals surface area (Å²) in [6.07, 6.45) is 2.38. The SMILES string of the molecule is OCCC(O)C(O)CN1CCCCC1. The number of aliphatic hydroxyl groups is 3. The van der Waals surface area contributed by atoms with Gasteiger partial charge in [-0.25, -0.2) is 0 Å². The Morgan fingerprint density at radius 3 is 2.21 bits per heavy atom. The summed E-state index contributed by atoms with van der Waals surface area (Å²) in [5.41, 5.74) is 0. The first-order chi connectivity index (χ1) is 6.74. The van der Waals surface area contributed by atoms with Crippen LogP contribution in [0.4, 0.5) is 0 Å². The van der Waals surface area contributed by atoms with E-state index in [0.29, 0.717) is 6.54 Å². The Bertz CT molecular complexity index is 148. The second-order valence-corrected chi connectivity index (χ2v) is 4.01. The van der Waals surface area contributed by atoms with E-state index in [1.165, 1.54) is 19.3 Å². The first-order valence-electron chi connectivity index (χ1n) is 5.43. The van der Waals surface area contributed by atoms with Gasteiger partial charge in [-0.15, -0.1) is 0 Å². The van der Waals surface area contributed by atoms with E-state index in [1.807, 2.05) is 0 Å². The number of aliphatic hydroxyl groups excluding tert-OH is 3. The molecule has 0 aromatic carbocycles. The average molecular weight is 203 g/mol. The number of hydrogen-bond acceptors (Lipinski definition) is 4. The lowest BCUT2D eigenvalue weighted by Gasteiger charge is -2.29. The van der Waals surface area contributed by atoms with E-state index in [4.69, 9.17) is 5.11 Å². The van der Waals surface area contributed by atoms with Gasteiger partial charge in [0.25, 0.3) is 0 Å². The van der Waals surface area contributed by atoms with E-state index in [2.05, 4.69) is 4.90 Å². The lowest BCUT2D eigenvalue weighted by atomic mass is 10.1. The zero-order valence-electron chi connectivity index (χ0n) is 8.60. The zero-order valence-corrected chi connectivity index (χ0v) is 8.60. The van der Waals surface area contributed by atoms with Crippen LogP contribution < -0.4 is 0 Å². The largest absolute Gasteiger partial charge is 0.396 e. The molecule has 0 aliphatic carbocycles. The number of nitrogens with zero attached hydrogens (tertiary/aromatic N) is 1. The Balaban J connectivity index is 2.20. The van der Waals surface area contributed by atoms with E-state index in [1.54, 1.807) is 0 Å². The number of hydrogen-bond donors (Lipinski definition) is 3. The summed E-state index contributed by atoms with van der Waals surface area (Å²) in [5, 5.41) is 27.6. The van der Waals surface area contributed by atoms with Crippen molar-refractivity contribution in [3.05, 3.63) is 0 Å². The van der Waals surface area contributed by atoms with E-state index in [-0.39, 0.29) is 13.0 Å². The Morgan fingerprint density at radius 2 is 1.64 bits per heavy atom. The number of likely N-dealkylation sites (tertiary alicyclic amines) is 1. The van der Waals surface area contributed by atoms with Crippen molar-refractivity contribution in [3.63, 3.8) is 0 Å². The molecule has 14 heavy (non-hydrogen) atoms. The van der Waals surface area contributed by atoms with Crippen molar-refractivity contribution in [1.82, 2.24) is 4.90 Å². The van der Waals surface area contributed by atoms with Gasteiger partial charge in [0.2, 0.25) is 0 Å². The first-order valence-corrected chi connectivity index (χ1v) is 5.43. The minimum Gasteiger partial charge on any atom is -0.396 e. The van der Waals surface area contributed by atoms with E-state index >= 15 is 0 Å². The molecule has 4 nitrogen and oxygen atoms in total. The van der Waals surface area contributed by atoms with Crippen LogP contribution in [0, 0.1) is 0 Å². The predicted octanol–water partition coefficient (Wildman–Crippen LogP) is -0.424. The molecule has 0 bridgehead atoms. The van der Waals surface area contributed by atoms with Crippen molar-refractivity contribution in [3.8, 4) is 0 Å². The smallest absolute Gasteiger partial charge is 0.0926 e. The molecule has 1 fully saturated rings. The maximum absolute atomic E-state index is 9.60. The highest BCUT2D eigenvalue weighted by molar-refractivity contribution is 4.73. The van der Waals surface area contributed by atoms with Crippen LogP contribution in [0.3, 0.4) is 0 Å². The van der Waals surface area contributed by atoms with Crippen molar-refractivity contribution in [2.75, 3.05) is 26.2 Å². The maximum Gasteiger partial charge on any atom is 0.0926 e. The van der Waals surface area contributed by atoms with Crippen LogP contribution in [0.15, 0.2) is 0 Å². The number of piperidine rings is 1. The third-order valence-corrected chi connectivity index (χ3v) is 2.76. The van der Waals surface area contributed by atoms with Gasteiger partial charge >= 0.3 is 0 Å². The van der Waals surface area contributed by atoms with E-state index < -0.39 is 12.2 Å². The van der Waals surface area contributed by atoms with Crippen LogP contribution in [-0.4, -0.2) is 58.7 Å². The molecule has 4 heteroatoms. The van der Waals surface area contributed by atoms with Crippen LogP contribution in [0.25, 0.3) is 0 Å². The molecule has 84 valence electrons. The predicted molar refractivity (Wildman–Crippen MR) is 54.0 cm³/mol. The molecule has 1 aliphatic heterocycles. The van der Waals surface area contributed by atoms with Crippen molar-refractivity contribution in [1.29, 1.82) is 0 Å². The summed E-state index contributed by atoms with van der Waals surface area (Å²) in [5.74, 6) is 0. The molecule has 1 saturated heterocycles. The Morgan fingerprint density at radius 1 is 1.00 bits per heavy atom. The number of rotatable bonds is 5. The van der Waals surface area contributed by atoms with E-state index in [9.17, 15) is 10.2 Å². The lowest BCUT2D eigenvalue weighted by molar-refractivity contribution is -0.0159. The summed E-state index contributed by atoms with van der Waals surface area (Å²) in [4.78, 5) is 2.18. The third kappa shape index (κ3) is 3.92. The standard InChI is InChI=1S/C10H21NO3/c12-7-4-9(13)10(14)8-11-5-2-1-3-6-11/h9-10,12-14H,1-8H2. The third-order valence-electron chi connectivity index (χ3n) is 2.76. The molecule has 2 unspecified atom stereocenters. The van der Waals surface area contributed by atoms with Crippen molar-refractivity contribution in [2.45, 2.75) is 37.9 Å². The van der Waals surface area contributed by atoms with Gasteiger partial charge in [0, 0.05) is 13.2 Å². The van der Waals surface area contributed by atoms with Crippen LogP contribution in [0.5, 0.6) is 0 Å². The molecule has 0 spiro atoms. The minimum atomic E-state index is -0.790. The topological polar surface area (TPSA) is 63.9 Å². The van der Waals surface area contributed by atoms with Gasteiger partial charge in [0.15, 0.2) is 0 Å². The summed E-state index contributed by atoms with van der Waals surface area (Å²) >= 11 is 0. The van der Waals surface area contributed by atoms with Crippen LogP contribution >= 0.6 is 0 Å². The van der Waals surface area contributed by atoms with Gasteiger partial charge in [-0.3, -0.25) is 0 Å². The molecule has 0 saturated carbocycles. The Kier molecular flexibility index (Phi) is 5.40. The van der Waals surface area contributed by atoms with Crippen LogP contribution in [0.1, 0.15) is 25.7 Å². The lowest BCUT2D eigenvalue weighted by Crippen LogP contribution is -2.41. The fraction of sp³-hybridized carbons (Fsp3) is 1.00. The molecule has 2 atom stereocenters. The van der Waals surface area contributed by atoms with E-state index in [0.717, 1.165) is 13.1 Å². The quantitative estimate of drug-likeness (QED) is 0.568. The molecule has 0 amide bonds. The molecule has 1 aliphatic rings. The minimum absolute atomic E-state index is 0.0712. The monoisotopic (exact) mass is 203 g/mol. The summed E-state index contributed by atoms with van der Waals surface area (Å²) < 4.78 is 0. The summed E-state index contributed by atoms with van der Waals surface area (Å²) in [7, 11) is 0. The highest BCUT2D eigenvalue weighted by Gasteiger charge is 2.20. The fourth-order valence-electron chi connectivity index (χ4n) is 1.85. The molecule has 1 rings (SSSR count). The first kappa shape index (κ1) is 11.9. The maximum atomic E-state index is 9.60. The summed E-state index contributed by atoms with van der Waals surface area (Å²) in [6, 6.07) is 0. The second-order valence-electron chi connectivity index (χ2n) is 4.01. The Hall–Kier alpha value is -0.160. The van der Waals surface area contributed by atoms with Gasteiger partial charge in [0.1, 0.15) is 0 Å². The van der Waals surface area contributed by atoms with Crippen molar-refractivity contribution >= 4 is 0 Å².